The Balaban J connectivity index is 1.95. The molecular formula is C18H22N2O2. The Bertz CT molecular complexity index is 638. The Labute approximate surface area is 131 Å². The van der Waals surface area contributed by atoms with Crippen molar-refractivity contribution < 1.29 is 9.53 Å². The number of anilines is 2. The van der Waals surface area contributed by atoms with Crippen LogP contribution in [0.1, 0.15) is 19.4 Å². The van der Waals surface area contributed by atoms with Gasteiger partial charge in [-0.2, -0.15) is 0 Å². The van der Waals surface area contributed by atoms with E-state index in [1.54, 1.807) is 0 Å². The molecule has 0 aliphatic rings. The van der Waals surface area contributed by atoms with Gasteiger partial charge in [-0.1, -0.05) is 24.3 Å². The zero-order chi connectivity index (χ0) is 15.9. The van der Waals surface area contributed by atoms with Gasteiger partial charge in [0.1, 0.15) is 5.75 Å². The van der Waals surface area contributed by atoms with E-state index in [-0.39, 0.29) is 18.6 Å². The van der Waals surface area contributed by atoms with E-state index in [2.05, 4.69) is 10.6 Å². The molecule has 2 aromatic carbocycles. The second-order valence-electron chi connectivity index (χ2n) is 5.43. The van der Waals surface area contributed by atoms with E-state index < -0.39 is 0 Å². The fourth-order valence-corrected chi connectivity index (χ4v) is 2.06. The molecule has 4 heteroatoms. The second-order valence-corrected chi connectivity index (χ2v) is 5.43. The molecule has 0 bridgehead atoms. The maximum absolute atomic E-state index is 12.1. The summed E-state index contributed by atoms with van der Waals surface area (Å²) >= 11 is 0. The maximum Gasteiger partial charge on any atom is 0.243 e. The topological polar surface area (TPSA) is 50.4 Å². The molecule has 0 radical (unpaired) electrons. The zero-order valence-electron chi connectivity index (χ0n) is 13.2. The molecule has 0 aliphatic carbocycles. The number of hydrogen-bond donors (Lipinski definition) is 2. The van der Waals surface area contributed by atoms with Crippen molar-refractivity contribution in [3.63, 3.8) is 0 Å². The molecule has 2 aromatic rings. The normalized spacial score (nSPS) is 10.4. The summed E-state index contributed by atoms with van der Waals surface area (Å²) in [6, 6.07) is 15.4. The minimum absolute atomic E-state index is 0.0588. The van der Waals surface area contributed by atoms with Crippen LogP contribution in [0, 0.1) is 6.92 Å². The molecule has 0 aromatic heterocycles. The lowest BCUT2D eigenvalue weighted by atomic mass is 10.2. The molecule has 0 heterocycles. The molecule has 0 saturated carbocycles. The third-order valence-corrected chi connectivity index (χ3v) is 2.99. The lowest BCUT2D eigenvalue weighted by Crippen LogP contribution is -2.22. The van der Waals surface area contributed by atoms with Crippen molar-refractivity contribution in [2.75, 3.05) is 17.2 Å². The van der Waals surface area contributed by atoms with E-state index in [1.165, 1.54) is 0 Å². The molecule has 116 valence electrons. The minimum atomic E-state index is -0.110. The van der Waals surface area contributed by atoms with Gasteiger partial charge in [0.25, 0.3) is 0 Å². The summed E-state index contributed by atoms with van der Waals surface area (Å²) in [5.74, 6) is 0.572. The highest BCUT2D eigenvalue weighted by Crippen LogP contribution is 2.24. The van der Waals surface area contributed by atoms with Crippen molar-refractivity contribution in [1.82, 2.24) is 0 Å². The molecule has 0 aliphatic heterocycles. The van der Waals surface area contributed by atoms with E-state index >= 15 is 0 Å². The van der Waals surface area contributed by atoms with Crippen molar-refractivity contribution >= 4 is 17.3 Å². The van der Waals surface area contributed by atoms with Crippen LogP contribution < -0.4 is 15.4 Å². The Morgan fingerprint density at radius 3 is 2.64 bits per heavy atom. The van der Waals surface area contributed by atoms with Gasteiger partial charge in [-0.15, -0.1) is 0 Å². The van der Waals surface area contributed by atoms with Crippen LogP contribution in [0.25, 0.3) is 0 Å². The summed E-state index contributed by atoms with van der Waals surface area (Å²) < 4.78 is 5.69. The third-order valence-electron chi connectivity index (χ3n) is 2.99. The number of nitrogens with one attached hydrogen (secondary N) is 2. The molecular weight excluding hydrogens is 276 g/mol. The molecule has 0 unspecified atom stereocenters. The van der Waals surface area contributed by atoms with Crippen LogP contribution in [0.4, 0.5) is 11.4 Å². The molecule has 2 rings (SSSR count). The highest BCUT2D eigenvalue weighted by Gasteiger charge is 2.08. The first-order valence-corrected chi connectivity index (χ1v) is 7.40. The highest BCUT2D eigenvalue weighted by atomic mass is 16.5. The van der Waals surface area contributed by atoms with Crippen molar-refractivity contribution in [1.29, 1.82) is 0 Å². The summed E-state index contributed by atoms with van der Waals surface area (Å²) in [6.45, 7) is 6.14. The molecule has 4 nitrogen and oxygen atoms in total. The first-order valence-electron chi connectivity index (χ1n) is 7.40. The van der Waals surface area contributed by atoms with E-state index in [0.717, 1.165) is 11.3 Å². The Morgan fingerprint density at radius 1 is 1.14 bits per heavy atom. The van der Waals surface area contributed by atoms with Crippen LogP contribution in [0.3, 0.4) is 0 Å². The lowest BCUT2D eigenvalue weighted by Gasteiger charge is -2.15. The summed E-state index contributed by atoms with van der Waals surface area (Å²) in [6.07, 6.45) is 0.0588. The monoisotopic (exact) mass is 298 g/mol. The van der Waals surface area contributed by atoms with Gasteiger partial charge in [-0.25, -0.2) is 0 Å². The number of aryl methyl sites for hydroxylation is 1. The average Bonchev–Trinajstić information content (AvgIpc) is 2.47. The zero-order valence-corrected chi connectivity index (χ0v) is 13.2. The summed E-state index contributed by atoms with van der Waals surface area (Å²) in [5.41, 5.74) is 2.77. The maximum atomic E-state index is 12.1. The molecule has 0 saturated heterocycles. The van der Waals surface area contributed by atoms with Crippen LogP contribution >= 0.6 is 0 Å². The number of ether oxygens (including phenoxy) is 1. The van der Waals surface area contributed by atoms with Gasteiger partial charge in [0.2, 0.25) is 5.91 Å². The van der Waals surface area contributed by atoms with Crippen LogP contribution in [0.15, 0.2) is 48.5 Å². The van der Waals surface area contributed by atoms with E-state index in [4.69, 9.17) is 4.74 Å². The molecule has 0 atom stereocenters. The number of carbonyl (C=O) groups is 1. The van der Waals surface area contributed by atoms with Crippen LogP contribution in [-0.2, 0) is 4.79 Å². The second kappa shape index (κ2) is 7.50. The van der Waals surface area contributed by atoms with Gasteiger partial charge in [0.15, 0.2) is 0 Å². The number of amides is 1. The average molecular weight is 298 g/mol. The van der Waals surface area contributed by atoms with Crippen LogP contribution in [0.2, 0.25) is 0 Å². The fourth-order valence-electron chi connectivity index (χ4n) is 2.06. The molecule has 2 N–H and O–H groups in total. The number of para-hydroxylation sites is 2. The van der Waals surface area contributed by atoms with E-state index in [0.29, 0.717) is 11.4 Å². The predicted octanol–water partition coefficient (Wildman–Crippen LogP) is 3.83. The standard InChI is InChI=1S/C18H22N2O2/c1-13(2)22-17-10-5-4-9-16(17)20-18(21)12-19-15-8-6-7-14(3)11-15/h4-11,13,19H,12H2,1-3H3,(H,20,21). The largest absolute Gasteiger partial charge is 0.489 e. The van der Waals surface area contributed by atoms with Gasteiger partial charge >= 0.3 is 0 Å². The molecule has 0 fully saturated rings. The smallest absolute Gasteiger partial charge is 0.243 e. The van der Waals surface area contributed by atoms with Gasteiger partial charge in [-0.3, -0.25) is 4.79 Å². The van der Waals surface area contributed by atoms with Crippen LogP contribution in [0.5, 0.6) is 5.75 Å². The Kier molecular flexibility index (Phi) is 5.42. The van der Waals surface area contributed by atoms with E-state index in [9.17, 15) is 4.79 Å². The summed E-state index contributed by atoms with van der Waals surface area (Å²) in [4.78, 5) is 12.1. The van der Waals surface area contributed by atoms with Crippen LogP contribution in [-0.4, -0.2) is 18.6 Å². The molecule has 1 amide bonds. The molecule has 22 heavy (non-hydrogen) atoms. The quantitative estimate of drug-likeness (QED) is 0.852. The van der Waals surface area contributed by atoms with Crippen molar-refractivity contribution in [2.24, 2.45) is 0 Å². The fraction of sp³-hybridized carbons (Fsp3) is 0.278. The number of benzene rings is 2. The van der Waals surface area contributed by atoms with Gasteiger partial charge in [0, 0.05) is 5.69 Å². The Hall–Kier alpha value is -2.49. The number of carbonyl (C=O) groups excluding carboxylic acids is 1. The van der Waals surface area contributed by atoms with Crippen molar-refractivity contribution in [2.45, 2.75) is 26.9 Å². The predicted molar refractivity (Wildman–Crippen MR) is 90.5 cm³/mol. The third kappa shape index (κ3) is 4.81. The summed E-state index contributed by atoms with van der Waals surface area (Å²) in [5, 5.41) is 5.99. The van der Waals surface area contributed by atoms with Gasteiger partial charge < -0.3 is 15.4 Å². The lowest BCUT2D eigenvalue weighted by molar-refractivity contribution is -0.114. The van der Waals surface area contributed by atoms with Crippen molar-refractivity contribution in [3.05, 3.63) is 54.1 Å². The van der Waals surface area contributed by atoms with Crippen molar-refractivity contribution in [3.8, 4) is 5.75 Å². The minimum Gasteiger partial charge on any atom is -0.489 e. The van der Waals surface area contributed by atoms with Gasteiger partial charge in [0.05, 0.1) is 18.3 Å². The number of rotatable bonds is 6. The SMILES string of the molecule is Cc1cccc(NCC(=O)Nc2ccccc2OC(C)C)c1. The summed E-state index contributed by atoms with van der Waals surface area (Å²) in [7, 11) is 0. The van der Waals surface area contributed by atoms with E-state index in [1.807, 2.05) is 69.3 Å². The Morgan fingerprint density at radius 2 is 1.91 bits per heavy atom. The molecule has 0 spiro atoms. The van der Waals surface area contributed by atoms with Gasteiger partial charge in [-0.05, 0) is 50.6 Å². The number of hydrogen-bond acceptors (Lipinski definition) is 3. The first kappa shape index (κ1) is 15.9. The first-order chi connectivity index (χ1) is 10.5. The highest BCUT2D eigenvalue weighted by molar-refractivity contribution is 5.95.